The third-order valence-electron chi connectivity index (χ3n) is 4.97. The van der Waals surface area contributed by atoms with Gasteiger partial charge >= 0.3 is 5.97 Å². The lowest BCUT2D eigenvalue weighted by atomic mass is 9.96. The number of hydrogen-bond acceptors (Lipinski definition) is 10. The molecule has 2 heterocycles. The van der Waals surface area contributed by atoms with Crippen LogP contribution >= 0.6 is 0 Å². The summed E-state index contributed by atoms with van der Waals surface area (Å²) in [5, 5.41) is 40.5. The van der Waals surface area contributed by atoms with Crippen LogP contribution in [0.15, 0.2) is 36.4 Å². The smallest absolute Gasteiger partial charge is 0.342 e. The van der Waals surface area contributed by atoms with Crippen molar-refractivity contribution in [1.82, 2.24) is 0 Å². The molecule has 6 atom stereocenters. The van der Waals surface area contributed by atoms with Crippen LogP contribution in [0.2, 0.25) is 0 Å². The Hall–Kier alpha value is -2.47. The molecule has 4 N–H and O–H groups in total. The molecule has 0 radical (unpaired) electrons. The minimum Gasteiger partial charge on any atom is -0.507 e. The fourth-order valence-electron chi connectivity index (χ4n) is 3.50. The first-order chi connectivity index (χ1) is 14.9. The van der Waals surface area contributed by atoms with Crippen LogP contribution in [-0.4, -0.2) is 76.9 Å². The number of hydrogen-bond donors (Lipinski definition) is 4. The molecule has 0 unspecified atom stereocenters. The highest BCUT2D eigenvalue weighted by Crippen LogP contribution is 2.35. The monoisotopic (exact) mass is 438 g/mol. The van der Waals surface area contributed by atoms with E-state index < -0.39 is 49.4 Å². The second kappa shape index (κ2) is 10.2. The molecular formula is C21H26O10. The number of ether oxygens (including phenoxy) is 3. The summed E-state index contributed by atoms with van der Waals surface area (Å²) in [4.78, 5) is 21.7. The number of carbonyl (C=O) groups is 1. The van der Waals surface area contributed by atoms with Crippen LogP contribution in [0.4, 0.5) is 0 Å². The van der Waals surface area contributed by atoms with E-state index in [2.05, 4.69) is 4.89 Å². The Morgan fingerprint density at radius 2 is 2.00 bits per heavy atom. The van der Waals surface area contributed by atoms with Crippen LogP contribution < -0.4 is 4.74 Å². The molecule has 2 aliphatic rings. The third kappa shape index (κ3) is 5.06. The Balaban J connectivity index is 1.81. The zero-order chi connectivity index (χ0) is 22.5. The number of carbonyl (C=O) groups excluding carboxylic acids is 1. The molecule has 0 bridgehead atoms. The van der Waals surface area contributed by atoms with Gasteiger partial charge in [-0.3, -0.25) is 0 Å². The predicted octanol–water partition coefficient (Wildman–Crippen LogP) is 0.370. The number of esters is 1. The van der Waals surface area contributed by atoms with Crippen LogP contribution in [0.1, 0.15) is 22.8 Å². The second-order valence-electron chi connectivity index (χ2n) is 7.09. The van der Waals surface area contributed by atoms with Crippen LogP contribution in [0.5, 0.6) is 11.5 Å². The number of allylic oxidation sites excluding steroid dienone is 3. The lowest BCUT2D eigenvalue weighted by molar-refractivity contribution is -0.379. The highest BCUT2D eigenvalue weighted by Gasteiger charge is 2.47. The van der Waals surface area contributed by atoms with Crippen LogP contribution in [-0.2, 0) is 25.7 Å². The Bertz CT molecular complexity index is 834. The van der Waals surface area contributed by atoms with Crippen LogP contribution in [0.25, 0.3) is 0 Å². The maximum Gasteiger partial charge on any atom is 0.342 e. The first kappa shape index (κ1) is 23.2. The summed E-state index contributed by atoms with van der Waals surface area (Å²) in [7, 11) is 1.22. The van der Waals surface area contributed by atoms with Gasteiger partial charge < -0.3 is 34.6 Å². The van der Waals surface area contributed by atoms with E-state index in [1.54, 1.807) is 18.2 Å². The molecule has 1 fully saturated rings. The summed E-state index contributed by atoms with van der Waals surface area (Å²) in [6.07, 6.45) is 0.330. The lowest BCUT2D eigenvalue weighted by Gasteiger charge is -2.40. The van der Waals surface area contributed by atoms with Crippen molar-refractivity contribution in [2.24, 2.45) is 0 Å². The highest BCUT2D eigenvalue weighted by atomic mass is 17.2. The number of fused-ring (bicyclic) bond motifs is 1. The average Bonchev–Trinajstić information content (AvgIpc) is 2.73. The number of rotatable bonds is 7. The minimum atomic E-state index is -1.54. The van der Waals surface area contributed by atoms with Gasteiger partial charge in [0.2, 0.25) is 6.29 Å². The number of aliphatic hydroxyl groups is 3. The molecule has 10 nitrogen and oxygen atoms in total. The molecule has 0 aliphatic carbocycles. The first-order valence-corrected chi connectivity index (χ1v) is 9.74. The van der Waals surface area contributed by atoms with Gasteiger partial charge in [-0.25, -0.2) is 14.6 Å². The highest BCUT2D eigenvalue weighted by molar-refractivity contribution is 5.95. The van der Waals surface area contributed by atoms with Gasteiger partial charge in [0.05, 0.1) is 13.7 Å². The number of aliphatic hydroxyl groups excluding tert-OH is 3. The fraction of sp³-hybridized carbons (Fsp3) is 0.476. The largest absolute Gasteiger partial charge is 0.507 e. The van der Waals surface area contributed by atoms with Crippen molar-refractivity contribution in [3.8, 4) is 11.5 Å². The molecule has 1 aromatic carbocycles. The molecule has 0 amide bonds. The van der Waals surface area contributed by atoms with Crippen molar-refractivity contribution in [3.05, 3.63) is 47.6 Å². The van der Waals surface area contributed by atoms with Gasteiger partial charge in [-0.1, -0.05) is 18.2 Å². The number of benzene rings is 1. The van der Waals surface area contributed by atoms with Crippen molar-refractivity contribution >= 4 is 5.97 Å². The summed E-state index contributed by atoms with van der Waals surface area (Å²) < 4.78 is 16.4. The van der Waals surface area contributed by atoms with E-state index in [4.69, 9.17) is 19.1 Å². The van der Waals surface area contributed by atoms with Crippen LogP contribution in [0, 0.1) is 0 Å². The fourth-order valence-corrected chi connectivity index (χ4v) is 3.50. The average molecular weight is 438 g/mol. The van der Waals surface area contributed by atoms with Gasteiger partial charge in [0.25, 0.3) is 0 Å². The topological polar surface area (TPSA) is 144 Å². The zero-order valence-corrected chi connectivity index (χ0v) is 17.1. The van der Waals surface area contributed by atoms with Gasteiger partial charge in [-0.05, 0) is 24.6 Å². The number of phenols is 1. The van der Waals surface area contributed by atoms with Crippen molar-refractivity contribution in [2.75, 3.05) is 13.7 Å². The first-order valence-electron chi connectivity index (χ1n) is 9.74. The Kier molecular flexibility index (Phi) is 7.65. The molecule has 3 rings (SSSR count). The van der Waals surface area contributed by atoms with Gasteiger partial charge in [0.15, 0.2) is 0 Å². The van der Waals surface area contributed by atoms with Crippen molar-refractivity contribution < 1.29 is 49.2 Å². The summed E-state index contributed by atoms with van der Waals surface area (Å²) in [6.45, 7) is 1.33. The van der Waals surface area contributed by atoms with E-state index in [1.165, 1.54) is 19.2 Å². The summed E-state index contributed by atoms with van der Waals surface area (Å²) in [5.41, 5.74) is 0.529. The summed E-state index contributed by atoms with van der Waals surface area (Å²) >= 11 is 0. The lowest BCUT2D eigenvalue weighted by Crippen LogP contribution is -2.60. The Morgan fingerprint density at radius 3 is 2.68 bits per heavy atom. The SMILES string of the molecule is C/C=C/C=C/[C@H]1Cc2cc(O[C@@H]3O[C@H](CO)[C@@H](OOC)[C@H](O)[C@H]3O)cc(O)c2C(=O)O1. The van der Waals surface area contributed by atoms with Gasteiger partial charge in [-0.15, -0.1) is 0 Å². The molecule has 1 saturated heterocycles. The maximum atomic E-state index is 12.3. The van der Waals surface area contributed by atoms with Crippen molar-refractivity contribution in [2.45, 2.75) is 50.2 Å². The van der Waals surface area contributed by atoms with E-state index >= 15 is 0 Å². The third-order valence-corrected chi connectivity index (χ3v) is 4.97. The minimum absolute atomic E-state index is 0.0370. The molecule has 170 valence electrons. The predicted molar refractivity (Wildman–Crippen MR) is 105 cm³/mol. The Morgan fingerprint density at radius 1 is 1.23 bits per heavy atom. The second-order valence-corrected chi connectivity index (χ2v) is 7.09. The molecule has 2 aliphatic heterocycles. The summed E-state index contributed by atoms with van der Waals surface area (Å²) in [6, 6.07) is 2.71. The zero-order valence-electron chi connectivity index (χ0n) is 17.1. The molecule has 31 heavy (non-hydrogen) atoms. The van der Waals surface area contributed by atoms with E-state index in [1.807, 2.05) is 13.0 Å². The normalized spacial score (nSPS) is 31.1. The van der Waals surface area contributed by atoms with Crippen molar-refractivity contribution in [3.63, 3.8) is 0 Å². The molecular weight excluding hydrogens is 412 g/mol. The van der Waals surface area contributed by atoms with Gasteiger partial charge in [-0.2, -0.15) is 0 Å². The van der Waals surface area contributed by atoms with E-state index in [9.17, 15) is 25.2 Å². The van der Waals surface area contributed by atoms with Gasteiger partial charge in [0, 0.05) is 12.5 Å². The van der Waals surface area contributed by atoms with E-state index in [0.717, 1.165) is 0 Å². The van der Waals surface area contributed by atoms with E-state index in [0.29, 0.717) is 12.0 Å². The molecule has 0 aromatic heterocycles. The molecule has 0 saturated carbocycles. The number of aromatic hydroxyl groups is 1. The summed E-state index contributed by atoms with van der Waals surface area (Å²) in [5.74, 6) is -0.913. The molecule has 0 spiro atoms. The number of cyclic esters (lactones) is 1. The maximum absolute atomic E-state index is 12.3. The molecule has 1 aromatic rings. The quantitative estimate of drug-likeness (QED) is 0.204. The van der Waals surface area contributed by atoms with Gasteiger partial charge in [0.1, 0.15) is 47.6 Å². The van der Waals surface area contributed by atoms with Crippen LogP contribution in [0.3, 0.4) is 0 Å². The standard InChI is InChI=1S/C21H26O10/c1-3-4-5-6-12-7-11-8-13(9-14(23)16(11)20(26)28-12)29-21-18(25)17(24)19(31-27-2)15(10-22)30-21/h3-6,8-9,12,15,17-19,21-25H,7,10H2,1-2H3/b4-3+,6-5+/t12-,15+,17+,18+,19+,21+/m0/s1. The number of phenolic OH excluding ortho intramolecular Hbond substituents is 1. The van der Waals surface area contributed by atoms with E-state index in [-0.39, 0.29) is 17.1 Å². The van der Waals surface area contributed by atoms with Crippen molar-refractivity contribution in [1.29, 1.82) is 0 Å². The molecule has 10 heteroatoms. The Labute approximate surface area is 178 Å².